The highest BCUT2D eigenvalue weighted by Gasteiger charge is 2.10. The highest BCUT2D eigenvalue weighted by molar-refractivity contribution is 6.04. The van der Waals surface area contributed by atoms with Crippen molar-refractivity contribution < 1.29 is 4.42 Å². The Labute approximate surface area is 176 Å². The maximum absolute atomic E-state index is 6.07. The molecule has 1 heterocycles. The lowest BCUT2D eigenvalue weighted by Gasteiger charge is -2.13. The van der Waals surface area contributed by atoms with Gasteiger partial charge in [0.15, 0.2) is 5.76 Å². The predicted molar refractivity (Wildman–Crippen MR) is 126 cm³/mol. The summed E-state index contributed by atoms with van der Waals surface area (Å²) in [6.45, 7) is 1.95. The number of para-hydroxylation sites is 2. The molecule has 0 saturated carbocycles. The zero-order chi connectivity index (χ0) is 20.9. The quantitative estimate of drug-likeness (QED) is 0.307. The molecule has 0 aliphatic rings. The summed E-state index contributed by atoms with van der Waals surface area (Å²) in [5.41, 5.74) is 4.66. The van der Waals surface area contributed by atoms with Gasteiger partial charge in [-0.25, -0.2) is 0 Å². The van der Waals surface area contributed by atoms with E-state index in [9.17, 15) is 0 Å². The van der Waals surface area contributed by atoms with Crippen LogP contribution in [0.4, 0.5) is 11.4 Å². The molecule has 0 aliphatic carbocycles. The van der Waals surface area contributed by atoms with Crippen LogP contribution in [-0.2, 0) is 0 Å². The summed E-state index contributed by atoms with van der Waals surface area (Å²) in [5, 5.41) is 14.0. The molecule has 0 bridgehead atoms. The van der Waals surface area contributed by atoms with E-state index in [0.29, 0.717) is 0 Å². The van der Waals surface area contributed by atoms with Crippen LogP contribution in [0.25, 0.3) is 11.0 Å². The van der Waals surface area contributed by atoms with Gasteiger partial charge in [0.25, 0.3) is 0 Å². The van der Waals surface area contributed by atoms with E-state index >= 15 is 0 Å². The third-order valence-corrected chi connectivity index (χ3v) is 4.88. The molecule has 0 atom stereocenters. The Kier molecular flexibility index (Phi) is 5.61. The van der Waals surface area contributed by atoms with Crippen molar-refractivity contribution >= 4 is 34.3 Å². The summed E-state index contributed by atoms with van der Waals surface area (Å²) in [4.78, 5) is 0. The number of rotatable bonds is 6. The second-order valence-corrected chi connectivity index (χ2v) is 7.02. The zero-order valence-corrected chi connectivity index (χ0v) is 17.4. The fraction of sp³-hybridized carbons (Fsp3) is 0.120. The Bertz CT molecular complexity index is 1180. The fourth-order valence-corrected chi connectivity index (χ4v) is 3.21. The summed E-state index contributed by atoms with van der Waals surface area (Å²) in [5.74, 6) is 0.741. The Balaban J connectivity index is 1.60. The molecule has 0 N–H and O–H groups in total. The van der Waals surface area contributed by atoms with E-state index in [1.54, 1.807) is 0 Å². The average molecular weight is 396 g/mol. The molecule has 0 saturated heterocycles. The van der Waals surface area contributed by atoms with Crippen molar-refractivity contribution in [2.45, 2.75) is 6.92 Å². The molecule has 1 aromatic heterocycles. The van der Waals surface area contributed by atoms with Crippen molar-refractivity contribution in [3.05, 3.63) is 96.3 Å². The number of furan rings is 1. The van der Waals surface area contributed by atoms with Gasteiger partial charge in [0.05, 0.1) is 17.6 Å². The Morgan fingerprint density at radius 3 is 2.10 bits per heavy atom. The largest absolute Gasteiger partial charge is 0.455 e. The number of benzene rings is 3. The lowest BCUT2D eigenvalue weighted by Crippen LogP contribution is -2.11. The summed E-state index contributed by atoms with van der Waals surface area (Å²) >= 11 is 0. The molecule has 3 aromatic carbocycles. The number of hydrogen-bond acceptors (Lipinski definition) is 5. The smallest absolute Gasteiger partial charge is 0.151 e. The van der Waals surface area contributed by atoms with Gasteiger partial charge in [-0.3, -0.25) is 10.0 Å². The highest BCUT2D eigenvalue weighted by atomic mass is 16.3. The molecule has 0 unspecified atom stereocenters. The first kappa shape index (κ1) is 19.5. The molecule has 0 fully saturated rings. The summed E-state index contributed by atoms with van der Waals surface area (Å²) in [6.07, 6.45) is 1.86. The SMILES string of the molecule is CC(=NN(C)c1ccccc1)c1cc2c(C=NN(C)c3ccccc3)cccc2o1. The first-order valence-corrected chi connectivity index (χ1v) is 9.81. The number of anilines is 2. The monoisotopic (exact) mass is 396 g/mol. The van der Waals surface area contributed by atoms with Gasteiger partial charge in [-0.15, -0.1) is 0 Å². The van der Waals surface area contributed by atoms with Gasteiger partial charge in [-0.1, -0.05) is 48.5 Å². The maximum Gasteiger partial charge on any atom is 0.151 e. The summed E-state index contributed by atoms with van der Waals surface area (Å²) < 4.78 is 6.07. The molecule has 0 radical (unpaired) electrons. The van der Waals surface area contributed by atoms with Crippen LogP contribution in [0.15, 0.2) is 99.5 Å². The van der Waals surface area contributed by atoms with Crippen molar-refractivity contribution in [2.75, 3.05) is 24.1 Å². The van der Waals surface area contributed by atoms with E-state index in [1.807, 2.05) is 122 Å². The predicted octanol–water partition coefficient (Wildman–Crippen LogP) is 5.76. The number of nitrogens with zero attached hydrogens (tertiary/aromatic N) is 4. The van der Waals surface area contributed by atoms with E-state index in [0.717, 1.165) is 39.4 Å². The molecule has 5 nitrogen and oxygen atoms in total. The van der Waals surface area contributed by atoms with Gasteiger partial charge in [0.1, 0.15) is 11.3 Å². The van der Waals surface area contributed by atoms with Crippen LogP contribution < -0.4 is 10.0 Å². The van der Waals surface area contributed by atoms with E-state index in [2.05, 4.69) is 10.2 Å². The van der Waals surface area contributed by atoms with Crippen LogP contribution in [0.2, 0.25) is 0 Å². The molecule has 150 valence electrons. The molecular formula is C25H24N4O. The minimum Gasteiger partial charge on any atom is -0.455 e. The molecule has 0 spiro atoms. The van der Waals surface area contributed by atoms with E-state index in [-0.39, 0.29) is 0 Å². The first-order chi connectivity index (χ1) is 14.6. The van der Waals surface area contributed by atoms with E-state index < -0.39 is 0 Å². The third kappa shape index (κ3) is 4.25. The Morgan fingerprint density at radius 1 is 0.800 bits per heavy atom. The van der Waals surface area contributed by atoms with E-state index in [1.165, 1.54) is 0 Å². The number of fused-ring (bicyclic) bond motifs is 1. The number of hydrogen-bond donors (Lipinski definition) is 0. The van der Waals surface area contributed by atoms with Crippen LogP contribution in [0.3, 0.4) is 0 Å². The first-order valence-electron chi connectivity index (χ1n) is 9.81. The van der Waals surface area contributed by atoms with Crippen molar-refractivity contribution in [3.63, 3.8) is 0 Å². The Morgan fingerprint density at radius 2 is 1.43 bits per heavy atom. The summed E-state index contributed by atoms with van der Waals surface area (Å²) in [6, 6.07) is 28.1. The van der Waals surface area contributed by atoms with Crippen molar-refractivity contribution in [2.24, 2.45) is 10.2 Å². The van der Waals surface area contributed by atoms with Gasteiger partial charge >= 0.3 is 0 Å². The van der Waals surface area contributed by atoms with Crippen LogP contribution in [0, 0.1) is 0 Å². The van der Waals surface area contributed by atoms with Gasteiger partial charge in [-0.05, 0) is 43.3 Å². The standard InChI is InChI=1S/C25H24N4O/c1-19(27-29(3)22-14-8-5-9-15-22)25-17-23-20(11-10-16-24(23)30-25)18-26-28(2)21-12-6-4-7-13-21/h4-18H,1-3H3. The average Bonchev–Trinajstić information content (AvgIpc) is 3.24. The zero-order valence-electron chi connectivity index (χ0n) is 17.4. The normalized spacial score (nSPS) is 11.9. The van der Waals surface area contributed by atoms with E-state index in [4.69, 9.17) is 4.42 Å². The lowest BCUT2D eigenvalue weighted by atomic mass is 10.1. The maximum atomic E-state index is 6.07. The van der Waals surface area contributed by atoms with Gasteiger partial charge in [0.2, 0.25) is 0 Å². The molecule has 4 aromatic rings. The van der Waals surface area contributed by atoms with Crippen LogP contribution >= 0.6 is 0 Å². The molecule has 0 amide bonds. The van der Waals surface area contributed by atoms with Gasteiger partial charge in [0, 0.05) is 25.0 Å². The third-order valence-electron chi connectivity index (χ3n) is 4.88. The van der Waals surface area contributed by atoms with Crippen molar-refractivity contribution in [1.29, 1.82) is 0 Å². The molecule has 5 heteroatoms. The molecule has 4 rings (SSSR count). The highest BCUT2D eigenvalue weighted by Crippen LogP contribution is 2.24. The Hall–Kier alpha value is -3.86. The molecular weight excluding hydrogens is 372 g/mol. The van der Waals surface area contributed by atoms with Gasteiger partial charge < -0.3 is 4.42 Å². The fourth-order valence-electron chi connectivity index (χ4n) is 3.21. The van der Waals surface area contributed by atoms with Crippen molar-refractivity contribution in [3.8, 4) is 0 Å². The van der Waals surface area contributed by atoms with Crippen LogP contribution in [0.1, 0.15) is 18.2 Å². The minimum absolute atomic E-state index is 0.741. The second kappa shape index (κ2) is 8.66. The lowest BCUT2D eigenvalue weighted by molar-refractivity contribution is 0.603. The summed E-state index contributed by atoms with van der Waals surface area (Å²) in [7, 11) is 3.86. The second-order valence-electron chi connectivity index (χ2n) is 7.02. The minimum atomic E-state index is 0.741. The van der Waals surface area contributed by atoms with Gasteiger partial charge in [-0.2, -0.15) is 10.2 Å². The number of hydrazone groups is 2. The van der Waals surface area contributed by atoms with Crippen LogP contribution in [0.5, 0.6) is 0 Å². The van der Waals surface area contributed by atoms with Crippen LogP contribution in [-0.4, -0.2) is 26.0 Å². The molecule has 0 aliphatic heterocycles. The molecule has 30 heavy (non-hydrogen) atoms. The van der Waals surface area contributed by atoms with Crippen molar-refractivity contribution in [1.82, 2.24) is 0 Å². The topological polar surface area (TPSA) is 44.3 Å².